The first kappa shape index (κ1) is 13.2. The fourth-order valence-corrected chi connectivity index (χ4v) is 3.15. The average molecular weight is 275 g/mol. The molecule has 5 nitrogen and oxygen atoms in total. The zero-order chi connectivity index (χ0) is 13.9. The highest BCUT2D eigenvalue weighted by Gasteiger charge is 2.36. The number of likely N-dealkylation sites (tertiary alicyclic amines) is 1. The third-order valence-corrected chi connectivity index (χ3v) is 4.24. The Kier molecular flexibility index (Phi) is 3.78. The number of methoxy groups -OCH3 is 1. The predicted octanol–water partition coefficient (Wildman–Crippen LogP) is 1.91. The summed E-state index contributed by atoms with van der Waals surface area (Å²) >= 11 is 0. The molecule has 1 aromatic rings. The Hall–Kier alpha value is -1.75. The maximum Gasteiger partial charge on any atom is 0.322 e. The Labute approximate surface area is 119 Å². The molecule has 108 valence electrons. The maximum absolute atomic E-state index is 12.4. The van der Waals surface area contributed by atoms with E-state index in [2.05, 4.69) is 10.6 Å². The Bertz CT molecular complexity index is 478. The highest BCUT2D eigenvalue weighted by atomic mass is 16.5. The van der Waals surface area contributed by atoms with E-state index in [9.17, 15) is 4.79 Å². The molecule has 2 aliphatic heterocycles. The first-order valence-corrected chi connectivity index (χ1v) is 7.20. The minimum Gasteiger partial charge on any atom is -0.495 e. The molecule has 3 rings (SSSR count). The number of urea groups is 1. The quantitative estimate of drug-likeness (QED) is 0.867. The second kappa shape index (κ2) is 5.71. The van der Waals surface area contributed by atoms with Crippen molar-refractivity contribution in [1.29, 1.82) is 0 Å². The fraction of sp³-hybridized carbons (Fsp3) is 0.533. The molecule has 0 bridgehead atoms. The summed E-state index contributed by atoms with van der Waals surface area (Å²) in [6.07, 6.45) is 2.43. The van der Waals surface area contributed by atoms with Gasteiger partial charge in [0, 0.05) is 19.1 Å². The minimum atomic E-state index is -0.0364. The van der Waals surface area contributed by atoms with Crippen molar-refractivity contribution in [1.82, 2.24) is 10.2 Å². The van der Waals surface area contributed by atoms with Crippen molar-refractivity contribution < 1.29 is 9.53 Å². The SMILES string of the molecule is COc1ccccc1NC(=O)N1C[C@@H]2CCCN[C@@H]2C1. The minimum absolute atomic E-state index is 0.0364. The summed E-state index contributed by atoms with van der Waals surface area (Å²) < 4.78 is 5.26. The number of carbonyl (C=O) groups excluding carboxylic acids is 1. The molecule has 20 heavy (non-hydrogen) atoms. The van der Waals surface area contributed by atoms with Gasteiger partial charge in [-0.15, -0.1) is 0 Å². The number of rotatable bonds is 2. The zero-order valence-corrected chi connectivity index (χ0v) is 11.8. The molecule has 0 spiro atoms. The van der Waals surface area contributed by atoms with E-state index in [0.717, 1.165) is 25.3 Å². The molecular formula is C15H21N3O2. The Morgan fingerprint density at radius 3 is 3.05 bits per heavy atom. The number of hydrogen-bond acceptors (Lipinski definition) is 3. The van der Waals surface area contributed by atoms with Crippen molar-refractivity contribution in [3.63, 3.8) is 0 Å². The van der Waals surface area contributed by atoms with Crippen LogP contribution in [0.15, 0.2) is 24.3 Å². The van der Waals surface area contributed by atoms with Crippen LogP contribution in [0.1, 0.15) is 12.8 Å². The van der Waals surface area contributed by atoms with Crippen LogP contribution in [0.4, 0.5) is 10.5 Å². The zero-order valence-electron chi connectivity index (χ0n) is 11.8. The third kappa shape index (κ3) is 2.58. The van der Waals surface area contributed by atoms with Gasteiger partial charge in [-0.1, -0.05) is 12.1 Å². The molecular weight excluding hydrogens is 254 g/mol. The standard InChI is InChI=1S/C15H21N3O2/c1-20-14-7-3-2-6-12(14)17-15(19)18-9-11-5-4-8-16-13(11)10-18/h2-3,6-7,11,13,16H,4-5,8-10H2,1H3,(H,17,19)/t11-,13+/m0/s1. The van der Waals surface area contributed by atoms with Crippen molar-refractivity contribution in [2.75, 3.05) is 32.1 Å². The van der Waals surface area contributed by atoms with Crippen molar-refractivity contribution in [3.05, 3.63) is 24.3 Å². The number of piperidine rings is 1. The summed E-state index contributed by atoms with van der Waals surface area (Å²) in [4.78, 5) is 14.3. The maximum atomic E-state index is 12.4. The van der Waals surface area contributed by atoms with E-state index in [0.29, 0.717) is 17.7 Å². The molecule has 0 radical (unpaired) electrons. The van der Waals surface area contributed by atoms with E-state index in [1.165, 1.54) is 12.8 Å². The van der Waals surface area contributed by atoms with Gasteiger partial charge in [0.15, 0.2) is 0 Å². The fourth-order valence-electron chi connectivity index (χ4n) is 3.15. The second-order valence-corrected chi connectivity index (χ2v) is 5.50. The molecule has 2 atom stereocenters. The van der Waals surface area contributed by atoms with E-state index < -0.39 is 0 Å². The van der Waals surface area contributed by atoms with Crippen LogP contribution in [0.5, 0.6) is 5.75 Å². The van der Waals surface area contributed by atoms with Crippen LogP contribution in [0, 0.1) is 5.92 Å². The van der Waals surface area contributed by atoms with Crippen LogP contribution < -0.4 is 15.4 Å². The lowest BCUT2D eigenvalue weighted by Gasteiger charge is -2.24. The van der Waals surface area contributed by atoms with Gasteiger partial charge in [-0.2, -0.15) is 0 Å². The number of para-hydroxylation sites is 2. The lowest BCUT2D eigenvalue weighted by Crippen LogP contribution is -2.41. The number of ether oxygens (including phenoxy) is 1. The molecule has 0 unspecified atom stereocenters. The van der Waals surface area contributed by atoms with E-state index in [1.807, 2.05) is 29.2 Å². The summed E-state index contributed by atoms with van der Waals surface area (Å²) in [6, 6.07) is 7.92. The van der Waals surface area contributed by atoms with Crippen LogP contribution in [0.25, 0.3) is 0 Å². The Morgan fingerprint density at radius 1 is 1.40 bits per heavy atom. The molecule has 2 saturated heterocycles. The van der Waals surface area contributed by atoms with Crippen LogP contribution in [0.2, 0.25) is 0 Å². The van der Waals surface area contributed by atoms with Crippen LogP contribution >= 0.6 is 0 Å². The van der Waals surface area contributed by atoms with E-state index in [4.69, 9.17) is 4.74 Å². The number of fused-ring (bicyclic) bond motifs is 1. The number of anilines is 1. The molecule has 2 aliphatic rings. The van der Waals surface area contributed by atoms with Crippen molar-refractivity contribution in [2.45, 2.75) is 18.9 Å². The van der Waals surface area contributed by atoms with Gasteiger partial charge in [0.05, 0.1) is 12.8 Å². The highest BCUT2D eigenvalue weighted by Crippen LogP contribution is 2.27. The number of nitrogens with zero attached hydrogens (tertiary/aromatic N) is 1. The van der Waals surface area contributed by atoms with Gasteiger partial charge < -0.3 is 20.3 Å². The van der Waals surface area contributed by atoms with Gasteiger partial charge in [-0.05, 0) is 37.4 Å². The predicted molar refractivity (Wildman–Crippen MR) is 78.1 cm³/mol. The lowest BCUT2D eigenvalue weighted by molar-refractivity contribution is 0.220. The van der Waals surface area contributed by atoms with Crippen molar-refractivity contribution in [3.8, 4) is 5.75 Å². The molecule has 0 saturated carbocycles. The summed E-state index contributed by atoms with van der Waals surface area (Å²) in [5.41, 5.74) is 0.725. The van der Waals surface area contributed by atoms with Crippen LogP contribution in [0.3, 0.4) is 0 Å². The molecule has 5 heteroatoms. The first-order chi connectivity index (χ1) is 9.78. The van der Waals surface area contributed by atoms with Gasteiger partial charge in [0.25, 0.3) is 0 Å². The molecule has 2 N–H and O–H groups in total. The van der Waals surface area contributed by atoms with Gasteiger partial charge in [0.2, 0.25) is 0 Å². The third-order valence-electron chi connectivity index (χ3n) is 4.24. The molecule has 2 heterocycles. The average Bonchev–Trinajstić information content (AvgIpc) is 2.92. The number of amides is 2. The first-order valence-electron chi connectivity index (χ1n) is 7.20. The van der Waals surface area contributed by atoms with Crippen molar-refractivity contribution in [2.24, 2.45) is 5.92 Å². The van der Waals surface area contributed by atoms with Gasteiger partial charge in [-0.25, -0.2) is 4.79 Å². The van der Waals surface area contributed by atoms with Crippen molar-refractivity contribution >= 4 is 11.7 Å². The van der Waals surface area contributed by atoms with Gasteiger partial charge in [-0.3, -0.25) is 0 Å². The summed E-state index contributed by atoms with van der Waals surface area (Å²) in [5, 5.41) is 6.45. The monoisotopic (exact) mass is 275 g/mol. The Morgan fingerprint density at radius 2 is 2.25 bits per heavy atom. The molecule has 0 aliphatic carbocycles. The lowest BCUT2D eigenvalue weighted by atomic mass is 9.94. The molecule has 2 fully saturated rings. The smallest absolute Gasteiger partial charge is 0.322 e. The topological polar surface area (TPSA) is 53.6 Å². The van der Waals surface area contributed by atoms with E-state index in [-0.39, 0.29) is 6.03 Å². The van der Waals surface area contributed by atoms with E-state index >= 15 is 0 Å². The number of benzene rings is 1. The van der Waals surface area contributed by atoms with Gasteiger partial charge >= 0.3 is 6.03 Å². The van der Waals surface area contributed by atoms with Crippen LogP contribution in [-0.4, -0.2) is 43.7 Å². The van der Waals surface area contributed by atoms with Crippen LogP contribution in [-0.2, 0) is 0 Å². The van der Waals surface area contributed by atoms with E-state index in [1.54, 1.807) is 7.11 Å². The summed E-state index contributed by atoms with van der Waals surface area (Å²) in [6.45, 7) is 2.72. The second-order valence-electron chi connectivity index (χ2n) is 5.50. The summed E-state index contributed by atoms with van der Waals surface area (Å²) in [5.74, 6) is 1.29. The largest absolute Gasteiger partial charge is 0.495 e. The molecule has 0 aromatic heterocycles. The molecule has 1 aromatic carbocycles. The number of carbonyl (C=O) groups is 1. The molecule has 2 amide bonds. The van der Waals surface area contributed by atoms with Gasteiger partial charge in [0.1, 0.15) is 5.75 Å². The summed E-state index contributed by atoms with van der Waals surface area (Å²) in [7, 11) is 1.61. The highest BCUT2D eigenvalue weighted by molar-refractivity contribution is 5.91. The number of nitrogens with one attached hydrogen (secondary N) is 2. The number of hydrogen-bond donors (Lipinski definition) is 2. The normalized spacial score (nSPS) is 25.1. The Balaban J connectivity index is 1.65.